The summed E-state index contributed by atoms with van der Waals surface area (Å²) in [5.74, 6) is 0.618. The molecule has 3 heterocycles. The first-order valence-electron chi connectivity index (χ1n) is 8.18. The quantitative estimate of drug-likeness (QED) is 0.607. The van der Waals surface area contributed by atoms with Crippen LogP contribution >= 0.6 is 0 Å². The molecule has 0 aliphatic carbocycles. The van der Waals surface area contributed by atoms with Crippen molar-refractivity contribution in [1.29, 1.82) is 0 Å². The Morgan fingerprint density at radius 1 is 1.30 bits per heavy atom. The number of hydrogen-bond acceptors (Lipinski definition) is 6. The number of fused-ring (bicyclic) bond motifs is 2. The minimum atomic E-state index is -0.374. The Labute approximate surface area is 134 Å². The lowest BCUT2D eigenvalue weighted by Crippen LogP contribution is -2.56. The summed E-state index contributed by atoms with van der Waals surface area (Å²) in [6.45, 7) is 6.11. The van der Waals surface area contributed by atoms with Gasteiger partial charge in [-0.15, -0.1) is 0 Å². The van der Waals surface area contributed by atoms with E-state index in [0.29, 0.717) is 30.5 Å². The van der Waals surface area contributed by atoms with Crippen LogP contribution in [0.15, 0.2) is 18.2 Å². The van der Waals surface area contributed by atoms with Crippen molar-refractivity contribution in [3.8, 4) is 5.75 Å². The molecule has 7 nitrogen and oxygen atoms in total. The summed E-state index contributed by atoms with van der Waals surface area (Å²) in [6, 6.07) is 6.54. The molecular weight excluding hydrogens is 298 g/mol. The summed E-state index contributed by atoms with van der Waals surface area (Å²) in [5.41, 5.74) is 1.06. The van der Waals surface area contributed by atoms with Gasteiger partial charge in [-0.1, -0.05) is 0 Å². The summed E-state index contributed by atoms with van der Waals surface area (Å²) in [6.07, 6.45) is 1.15. The van der Waals surface area contributed by atoms with E-state index in [4.69, 9.17) is 9.47 Å². The minimum absolute atomic E-state index is 0.0785. The highest BCUT2D eigenvalue weighted by Gasteiger charge is 2.47. The highest BCUT2D eigenvalue weighted by molar-refractivity contribution is 5.64. The predicted molar refractivity (Wildman–Crippen MR) is 85.1 cm³/mol. The number of nitro groups is 1. The van der Waals surface area contributed by atoms with Gasteiger partial charge in [-0.3, -0.25) is 15.0 Å². The Bertz CT molecular complexity index is 619. The van der Waals surface area contributed by atoms with Crippen LogP contribution in [-0.2, 0) is 4.74 Å². The second-order valence-electron chi connectivity index (χ2n) is 6.43. The molecule has 4 rings (SSSR count). The van der Waals surface area contributed by atoms with E-state index in [-0.39, 0.29) is 10.6 Å². The van der Waals surface area contributed by atoms with Gasteiger partial charge in [-0.25, -0.2) is 0 Å². The number of anilines is 1. The molecule has 0 amide bonds. The summed E-state index contributed by atoms with van der Waals surface area (Å²) < 4.78 is 11.0. The maximum Gasteiger partial charge on any atom is 0.273 e. The Hall–Kier alpha value is -1.86. The van der Waals surface area contributed by atoms with Crippen molar-refractivity contribution in [1.82, 2.24) is 4.90 Å². The number of nitro benzene ring substituents is 1. The minimum Gasteiger partial charge on any atom is -0.491 e. The molecule has 23 heavy (non-hydrogen) atoms. The Balaban J connectivity index is 1.56. The van der Waals surface area contributed by atoms with E-state index in [1.54, 1.807) is 12.1 Å². The van der Waals surface area contributed by atoms with Gasteiger partial charge < -0.3 is 14.4 Å². The van der Waals surface area contributed by atoms with Crippen LogP contribution in [0, 0.1) is 10.1 Å². The van der Waals surface area contributed by atoms with Crippen LogP contribution in [0.2, 0.25) is 0 Å². The Morgan fingerprint density at radius 3 is 2.70 bits per heavy atom. The van der Waals surface area contributed by atoms with Crippen molar-refractivity contribution >= 4 is 11.4 Å². The fourth-order valence-corrected chi connectivity index (χ4v) is 3.98. The zero-order valence-electron chi connectivity index (χ0n) is 13.2. The van der Waals surface area contributed by atoms with Crippen molar-refractivity contribution in [3.63, 3.8) is 0 Å². The molecule has 2 bridgehead atoms. The van der Waals surface area contributed by atoms with Crippen LogP contribution in [0.25, 0.3) is 0 Å². The van der Waals surface area contributed by atoms with E-state index in [0.717, 1.165) is 38.4 Å². The monoisotopic (exact) mass is 319 g/mol. The maximum atomic E-state index is 11.0. The molecule has 3 saturated heterocycles. The molecule has 1 aromatic rings. The first kappa shape index (κ1) is 14.7. The van der Waals surface area contributed by atoms with Gasteiger partial charge in [0.2, 0.25) is 0 Å². The number of hydrogen-bond donors (Lipinski definition) is 0. The zero-order chi connectivity index (χ0) is 16.0. The molecular formula is C16H21N3O4. The van der Waals surface area contributed by atoms with Gasteiger partial charge in [0.15, 0.2) is 0 Å². The zero-order valence-corrected chi connectivity index (χ0v) is 13.2. The van der Waals surface area contributed by atoms with Gasteiger partial charge in [0.1, 0.15) is 5.75 Å². The average molecular weight is 319 g/mol. The lowest BCUT2D eigenvalue weighted by molar-refractivity contribution is -0.384. The topological polar surface area (TPSA) is 68.1 Å². The molecule has 7 heteroatoms. The van der Waals surface area contributed by atoms with Gasteiger partial charge in [0, 0.05) is 31.2 Å². The predicted octanol–water partition coefficient (Wildman–Crippen LogP) is 1.66. The Kier molecular flexibility index (Phi) is 3.61. The van der Waals surface area contributed by atoms with E-state index < -0.39 is 0 Å². The van der Waals surface area contributed by atoms with Crippen LogP contribution in [0.5, 0.6) is 5.75 Å². The number of ether oxygens (including phenoxy) is 2. The summed E-state index contributed by atoms with van der Waals surface area (Å²) in [4.78, 5) is 15.5. The van der Waals surface area contributed by atoms with Gasteiger partial charge in [0.05, 0.1) is 42.5 Å². The fraction of sp³-hybridized carbons (Fsp3) is 0.625. The molecule has 0 N–H and O–H groups in total. The lowest BCUT2D eigenvalue weighted by atomic mass is 10.1. The van der Waals surface area contributed by atoms with E-state index in [9.17, 15) is 10.1 Å². The Morgan fingerprint density at radius 2 is 2.13 bits per heavy atom. The van der Waals surface area contributed by atoms with Crippen molar-refractivity contribution in [2.45, 2.75) is 31.5 Å². The number of nitrogens with zero attached hydrogens (tertiary/aromatic N) is 3. The number of benzene rings is 1. The normalized spacial score (nSPS) is 27.3. The molecule has 0 aromatic heterocycles. The largest absolute Gasteiger partial charge is 0.491 e. The van der Waals surface area contributed by atoms with Gasteiger partial charge in [-0.2, -0.15) is 0 Å². The van der Waals surface area contributed by atoms with Crippen molar-refractivity contribution in [2.24, 2.45) is 0 Å². The summed E-state index contributed by atoms with van der Waals surface area (Å²) in [7, 11) is 0. The number of likely N-dealkylation sites (tertiary alicyclic amines) is 1. The molecule has 0 saturated carbocycles. The van der Waals surface area contributed by atoms with Crippen LogP contribution in [-0.4, -0.2) is 60.9 Å². The third kappa shape index (κ3) is 2.44. The highest BCUT2D eigenvalue weighted by atomic mass is 16.6. The van der Waals surface area contributed by atoms with Crippen LogP contribution < -0.4 is 9.64 Å². The van der Waals surface area contributed by atoms with Gasteiger partial charge in [-0.05, 0) is 19.4 Å². The molecule has 0 radical (unpaired) electrons. The molecule has 3 aliphatic heterocycles. The highest BCUT2D eigenvalue weighted by Crippen LogP contribution is 2.41. The van der Waals surface area contributed by atoms with Crippen molar-refractivity contribution in [3.05, 3.63) is 28.3 Å². The second kappa shape index (κ2) is 5.65. The molecule has 2 atom stereocenters. The van der Waals surface area contributed by atoms with Crippen LogP contribution in [0.3, 0.4) is 0 Å². The second-order valence-corrected chi connectivity index (χ2v) is 6.43. The molecule has 124 valence electrons. The summed E-state index contributed by atoms with van der Waals surface area (Å²) >= 11 is 0. The first-order chi connectivity index (χ1) is 11.2. The molecule has 1 aromatic carbocycles. The van der Waals surface area contributed by atoms with Gasteiger partial charge in [0.25, 0.3) is 5.69 Å². The SMILES string of the molecule is CCOc1cc([N+](=O)[O-])ccc1N1CC2CC1CN2C1COC1. The molecule has 3 fully saturated rings. The standard InChI is InChI=1S/C16H21N3O4/c1-2-23-16-6-11(19(20)21)3-4-15(16)18-8-12-5-13(18)7-17(12)14-9-22-10-14/h3-4,6,12-14H,2,5,7-10H2,1H3. The third-order valence-corrected chi connectivity index (χ3v) is 5.14. The molecule has 0 spiro atoms. The van der Waals surface area contributed by atoms with E-state index in [2.05, 4.69) is 9.80 Å². The average Bonchev–Trinajstić information content (AvgIpc) is 3.06. The van der Waals surface area contributed by atoms with E-state index >= 15 is 0 Å². The van der Waals surface area contributed by atoms with Crippen LogP contribution in [0.4, 0.5) is 11.4 Å². The lowest BCUT2D eigenvalue weighted by Gasteiger charge is -2.43. The van der Waals surface area contributed by atoms with Crippen molar-refractivity contribution in [2.75, 3.05) is 37.8 Å². The number of rotatable bonds is 5. The van der Waals surface area contributed by atoms with Gasteiger partial charge >= 0.3 is 0 Å². The smallest absolute Gasteiger partial charge is 0.273 e. The number of non-ortho nitro benzene ring substituents is 1. The first-order valence-corrected chi connectivity index (χ1v) is 8.18. The summed E-state index contributed by atoms with van der Waals surface area (Å²) in [5, 5.41) is 11.0. The fourth-order valence-electron chi connectivity index (χ4n) is 3.98. The maximum absolute atomic E-state index is 11.0. The van der Waals surface area contributed by atoms with Crippen molar-refractivity contribution < 1.29 is 14.4 Å². The molecule has 2 unspecified atom stereocenters. The van der Waals surface area contributed by atoms with E-state index in [1.807, 2.05) is 13.0 Å². The molecule has 3 aliphatic rings. The van der Waals surface area contributed by atoms with E-state index in [1.165, 1.54) is 0 Å². The van der Waals surface area contributed by atoms with Crippen LogP contribution in [0.1, 0.15) is 13.3 Å². The number of piperazine rings is 1. The third-order valence-electron chi connectivity index (χ3n) is 5.14.